The Balaban J connectivity index is 2.08. The molecular formula is C17H19FN2O3S2. The largest absolute Gasteiger partial charge is 0.325 e. The van der Waals surface area contributed by atoms with E-state index in [0.29, 0.717) is 5.69 Å². The highest BCUT2D eigenvalue weighted by Gasteiger charge is 2.19. The Morgan fingerprint density at radius 1 is 1.16 bits per heavy atom. The fraction of sp³-hybridized carbons (Fsp3) is 0.235. The van der Waals surface area contributed by atoms with Crippen LogP contribution in [-0.2, 0) is 14.8 Å². The number of nitrogens with one attached hydrogen (secondary N) is 1. The zero-order valence-corrected chi connectivity index (χ0v) is 15.7. The second-order valence-electron chi connectivity index (χ2n) is 5.52. The standard InChI is InChI=1S/C17H19FN2O3S2/c1-12(24-15-9-7-13(18)8-10-15)17(21)19-14-5-4-6-16(11-14)25(22,23)20(2)3/h4-12H,1-3H3,(H,19,21). The zero-order valence-electron chi connectivity index (χ0n) is 14.1. The Hall–Kier alpha value is -1.90. The Labute approximate surface area is 151 Å². The van der Waals surface area contributed by atoms with Crippen LogP contribution in [0.25, 0.3) is 0 Å². The third kappa shape index (κ3) is 5.04. The zero-order chi connectivity index (χ0) is 18.6. The molecule has 1 amide bonds. The van der Waals surface area contributed by atoms with Crippen molar-refractivity contribution in [3.8, 4) is 0 Å². The normalized spacial score (nSPS) is 12.8. The van der Waals surface area contributed by atoms with Crippen molar-refractivity contribution < 1.29 is 17.6 Å². The minimum atomic E-state index is -3.57. The van der Waals surface area contributed by atoms with E-state index < -0.39 is 15.3 Å². The molecular weight excluding hydrogens is 363 g/mol. The molecule has 0 saturated carbocycles. The average molecular weight is 382 g/mol. The van der Waals surface area contributed by atoms with E-state index >= 15 is 0 Å². The summed E-state index contributed by atoms with van der Waals surface area (Å²) >= 11 is 1.29. The molecule has 0 aliphatic rings. The molecule has 0 bridgehead atoms. The number of carbonyl (C=O) groups is 1. The number of rotatable bonds is 6. The first-order valence-electron chi connectivity index (χ1n) is 7.46. The van der Waals surface area contributed by atoms with Crippen molar-refractivity contribution in [1.82, 2.24) is 4.31 Å². The van der Waals surface area contributed by atoms with Crippen LogP contribution in [0.15, 0.2) is 58.3 Å². The number of carbonyl (C=O) groups excluding carboxylic acids is 1. The summed E-state index contributed by atoms with van der Waals surface area (Å²) in [6, 6.07) is 12.0. The molecule has 0 aliphatic carbocycles. The van der Waals surface area contributed by atoms with Crippen molar-refractivity contribution >= 4 is 33.4 Å². The predicted octanol–water partition coefficient (Wildman–Crippen LogP) is 3.20. The van der Waals surface area contributed by atoms with Crippen LogP contribution in [0.4, 0.5) is 10.1 Å². The lowest BCUT2D eigenvalue weighted by Gasteiger charge is -2.14. The van der Waals surface area contributed by atoms with Gasteiger partial charge in [-0.05, 0) is 49.4 Å². The number of halogens is 1. The number of nitrogens with zero attached hydrogens (tertiary/aromatic N) is 1. The van der Waals surface area contributed by atoms with Gasteiger partial charge in [-0.15, -0.1) is 11.8 Å². The predicted molar refractivity (Wildman–Crippen MR) is 97.7 cm³/mol. The second kappa shape index (κ2) is 7.99. The van der Waals surface area contributed by atoms with E-state index in [0.717, 1.165) is 9.20 Å². The molecule has 5 nitrogen and oxygen atoms in total. The topological polar surface area (TPSA) is 66.5 Å². The average Bonchev–Trinajstić information content (AvgIpc) is 2.57. The molecule has 0 radical (unpaired) electrons. The molecule has 2 rings (SSSR count). The molecule has 0 saturated heterocycles. The molecule has 0 heterocycles. The van der Waals surface area contributed by atoms with Gasteiger partial charge < -0.3 is 5.32 Å². The van der Waals surface area contributed by atoms with E-state index in [-0.39, 0.29) is 16.6 Å². The van der Waals surface area contributed by atoms with Gasteiger partial charge in [-0.1, -0.05) is 6.07 Å². The third-order valence-corrected chi connectivity index (χ3v) is 6.30. The minimum Gasteiger partial charge on any atom is -0.325 e. The van der Waals surface area contributed by atoms with E-state index in [9.17, 15) is 17.6 Å². The molecule has 134 valence electrons. The van der Waals surface area contributed by atoms with Gasteiger partial charge in [0.15, 0.2) is 0 Å². The molecule has 0 fully saturated rings. The summed E-state index contributed by atoms with van der Waals surface area (Å²) in [4.78, 5) is 13.2. The Kier molecular flexibility index (Phi) is 6.21. The summed E-state index contributed by atoms with van der Waals surface area (Å²) in [5.41, 5.74) is 0.402. The maximum absolute atomic E-state index is 12.9. The molecule has 25 heavy (non-hydrogen) atoms. The van der Waals surface area contributed by atoms with E-state index in [1.807, 2.05) is 0 Å². The molecule has 0 aliphatic heterocycles. The number of amides is 1. The van der Waals surface area contributed by atoms with Gasteiger partial charge in [0.05, 0.1) is 10.1 Å². The Bertz CT molecular complexity index is 852. The van der Waals surface area contributed by atoms with Crippen LogP contribution in [0.5, 0.6) is 0 Å². The lowest BCUT2D eigenvalue weighted by Crippen LogP contribution is -2.24. The van der Waals surface area contributed by atoms with Gasteiger partial charge >= 0.3 is 0 Å². The highest BCUT2D eigenvalue weighted by atomic mass is 32.2. The van der Waals surface area contributed by atoms with Crippen LogP contribution >= 0.6 is 11.8 Å². The van der Waals surface area contributed by atoms with E-state index in [2.05, 4.69) is 5.32 Å². The van der Waals surface area contributed by atoms with Crippen molar-refractivity contribution in [1.29, 1.82) is 0 Å². The Morgan fingerprint density at radius 3 is 2.40 bits per heavy atom. The molecule has 1 unspecified atom stereocenters. The van der Waals surface area contributed by atoms with Crippen LogP contribution in [-0.4, -0.2) is 38.0 Å². The van der Waals surface area contributed by atoms with Gasteiger partial charge in [-0.2, -0.15) is 0 Å². The van der Waals surface area contributed by atoms with E-state index in [1.54, 1.807) is 31.2 Å². The quantitative estimate of drug-likeness (QED) is 0.779. The second-order valence-corrected chi connectivity index (χ2v) is 9.08. The van der Waals surface area contributed by atoms with Crippen LogP contribution in [0.1, 0.15) is 6.92 Å². The lowest BCUT2D eigenvalue weighted by atomic mass is 10.3. The maximum atomic E-state index is 12.9. The fourth-order valence-electron chi connectivity index (χ4n) is 1.96. The van der Waals surface area contributed by atoms with Crippen LogP contribution in [0.2, 0.25) is 0 Å². The number of hydrogen-bond donors (Lipinski definition) is 1. The molecule has 0 aromatic heterocycles. The van der Waals surface area contributed by atoms with Gasteiger partial charge in [0, 0.05) is 24.7 Å². The summed E-state index contributed by atoms with van der Waals surface area (Å²) in [6.07, 6.45) is 0. The van der Waals surface area contributed by atoms with Gasteiger partial charge in [0.1, 0.15) is 5.82 Å². The van der Waals surface area contributed by atoms with Crippen molar-refractivity contribution in [2.75, 3.05) is 19.4 Å². The van der Waals surface area contributed by atoms with Crippen molar-refractivity contribution in [3.63, 3.8) is 0 Å². The molecule has 1 atom stereocenters. The molecule has 0 spiro atoms. The summed E-state index contributed by atoms with van der Waals surface area (Å²) < 4.78 is 38.3. The monoisotopic (exact) mass is 382 g/mol. The minimum absolute atomic E-state index is 0.106. The van der Waals surface area contributed by atoms with Gasteiger partial charge in [-0.3, -0.25) is 4.79 Å². The van der Waals surface area contributed by atoms with E-state index in [4.69, 9.17) is 0 Å². The third-order valence-electron chi connectivity index (χ3n) is 3.38. The van der Waals surface area contributed by atoms with Gasteiger partial charge in [0.2, 0.25) is 15.9 Å². The SMILES string of the molecule is CC(Sc1ccc(F)cc1)C(=O)Nc1cccc(S(=O)(=O)N(C)C)c1. The van der Waals surface area contributed by atoms with Crippen molar-refractivity contribution in [3.05, 3.63) is 54.3 Å². The van der Waals surface area contributed by atoms with Crippen LogP contribution in [0.3, 0.4) is 0 Å². The maximum Gasteiger partial charge on any atom is 0.242 e. The Morgan fingerprint density at radius 2 is 1.80 bits per heavy atom. The van der Waals surface area contributed by atoms with Gasteiger partial charge in [-0.25, -0.2) is 17.1 Å². The van der Waals surface area contributed by atoms with Gasteiger partial charge in [0.25, 0.3) is 0 Å². The van der Waals surface area contributed by atoms with Crippen LogP contribution in [0, 0.1) is 5.82 Å². The number of anilines is 1. The van der Waals surface area contributed by atoms with Crippen molar-refractivity contribution in [2.45, 2.75) is 22.0 Å². The summed E-state index contributed by atoms with van der Waals surface area (Å²) in [6.45, 7) is 1.73. The first-order valence-corrected chi connectivity index (χ1v) is 9.78. The van der Waals surface area contributed by atoms with Crippen molar-refractivity contribution in [2.24, 2.45) is 0 Å². The smallest absolute Gasteiger partial charge is 0.242 e. The highest BCUT2D eigenvalue weighted by Crippen LogP contribution is 2.25. The molecule has 1 N–H and O–H groups in total. The van der Waals surface area contributed by atoms with E-state index in [1.165, 1.54) is 50.1 Å². The number of sulfonamides is 1. The number of hydrogen-bond acceptors (Lipinski definition) is 4. The first-order chi connectivity index (χ1) is 11.7. The molecule has 2 aromatic carbocycles. The first kappa shape index (κ1) is 19.4. The summed E-state index contributed by atoms with van der Waals surface area (Å²) in [5.74, 6) is -0.603. The summed E-state index contributed by atoms with van der Waals surface area (Å²) in [7, 11) is -0.674. The summed E-state index contributed by atoms with van der Waals surface area (Å²) in [5, 5.41) is 2.28. The fourth-order valence-corrected chi connectivity index (χ4v) is 3.78. The highest BCUT2D eigenvalue weighted by molar-refractivity contribution is 8.00. The number of thioether (sulfide) groups is 1. The molecule has 8 heteroatoms. The number of benzene rings is 2. The van der Waals surface area contributed by atoms with Crippen LogP contribution < -0.4 is 5.32 Å². The molecule has 2 aromatic rings. The lowest BCUT2D eigenvalue weighted by molar-refractivity contribution is -0.115.